The van der Waals surface area contributed by atoms with E-state index in [1.807, 2.05) is 13.8 Å². The molecule has 14 heavy (non-hydrogen) atoms. The lowest BCUT2D eigenvalue weighted by atomic mass is 10.2. The first-order valence-electron chi connectivity index (χ1n) is 4.46. The van der Waals surface area contributed by atoms with Crippen LogP contribution in [0.25, 0.3) is 0 Å². The van der Waals surface area contributed by atoms with Gasteiger partial charge in [-0.2, -0.15) is 0 Å². The van der Waals surface area contributed by atoms with Crippen LogP contribution < -0.4 is 5.32 Å². The van der Waals surface area contributed by atoms with Crippen LogP contribution in [0.5, 0.6) is 0 Å². The molecule has 1 N–H and O–H groups in total. The Labute approximate surface area is 92.5 Å². The van der Waals surface area contributed by atoms with Crippen LogP contribution >= 0.6 is 22.9 Å². The number of hydrogen-bond donors (Lipinski definition) is 1. The Morgan fingerprint density at radius 1 is 1.79 bits per heavy atom. The molecule has 0 fully saturated rings. The van der Waals surface area contributed by atoms with Crippen LogP contribution in [0, 0.1) is 6.92 Å². The van der Waals surface area contributed by atoms with Gasteiger partial charge >= 0.3 is 0 Å². The standard InChI is InChI=1S/C9H13ClN2OS/c1-3-7(4-10)12-9(13)8-6(2)11-5-14-8/h5,7H,3-4H2,1-2H3,(H,12,13). The normalized spacial score (nSPS) is 12.5. The Morgan fingerprint density at radius 3 is 2.93 bits per heavy atom. The highest BCUT2D eigenvalue weighted by Crippen LogP contribution is 2.12. The number of aryl methyl sites for hydroxylation is 1. The van der Waals surface area contributed by atoms with Crippen molar-refractivity contribution in [1.29, 1.82) is 0 Å². The number of thiazole rings is 1. The quantitative estimate of drug-likeness (QED) is 0.809. The first kappa shape index (κ1) is 11.5. The zero-order valence-electron chi connectivity index (χ0n) is 8.21. The first-order valence-corrected chi connectivity index (χ1v) is 5.87. The number of aromatic nitrogens is 1. The highest BCUT2D eigenvalue weighted by molar-refractivity contribution is 7.11. The Hall–Kier alpha value is -0.610. The molecule has 78 valence electrons. The average molecular weight is 233 g/mol. The molecule has 1 rings (SSSR count). The fourth-order valence-corrected chi connectivity index (χ4v) is 2.02. The van der Waals surface area contributed by atoms with Gasteiger partial charge in [-0.1, -0.05) is 6.92 Å². The van der Waals surface area contributed by atoms with E-state index in [-0.39, 0.29) is 11.9 Å². The highest BCUT2D eigenvalue weighted by Gasteiger charge is 2.14. The van der Waals surface area contributed by atoms with Crippen molar-refractivity contribution in [2.75, 3.05) is 5.88 Å². The molecule has 0 saturated heterocycles. The molecule has 1 amide bonds. The minimum absolute atomic E-state index is 0.0469. The van der Waals surface area contributed by atoms with Crippen molar-refractivity contribution in [2.45, 2.75) is 26.3 Å². The van der Waals surface area contributed by atoms with Crippen LogP contribution in [0.4, 0.5) is 0 Å². The van der Waals surface area contributed by atoms with Gasteiger partial charge < -0.3 is 5.32 Å². The summed E-state index contributed by atoms with van der Waals surface area (Å²) in [6, 6.07) is 0.0469. The molecular formula is C9H13ClN2OS. The van der Waals surface area contributed by atoms with Crippen molar-refractivity contribution in [1.82, 2.24) is 10.3 Å². The summed E-state index contributed by atoms with van der Waals surface area (Å²) >= 11 is 7.04. The summed E-state index contributed by atoms with van der Waals surface area (Å²) in [4.78, 5) is 16.4. The summed E-state index contributed by atoms with van der Waals surface area (Å²) in [5, 5.41) is 2.86. The van der Waals surface area contributed by atoms with Crippen LogP contribution in [-0.2, 0) is 0 Å². The summed E-state index contributed by atoms with van der Waals surface area (Å²) < 4.78 is 0. The first-order chi connectivity index (χ1) is 6.69. The van der Waals surface area contributed by atoms with Crippen molar-refractivity contribution >= 4 is 28.8 Å². The zero-order valence-corrected chi connectivity index (χ0v) is 9.78. The van der Waals surface area contributed by atoms with Gasteiger partial charge in [0.15, 0.2) is 0 Å². The third-order valence-electron chi connectivity index (χ3n) is 1.97. The lowest BCUT2D eigenvalue weighted by Crippen LogP contribution is -2.35. The predicted molar refractivity (Wildman–Crippen MR) is 59.1 cm³/mol. The molecule has 0 bridgehead atoms. The Bertz CT molecular complexity index is 310. The molecule has 0 spiro atoms. The van der Waals surface area contributed by atoms with Crippen molar-refractivity contribution in [2.24, 2.45) is 0 Å². The van der Waals surface area contributed by atoms with Crippen LogP contribution in [0.1, 0.15) is 28.7 Å². The third kappa shape index (κ3) is 2.69. The van der Waals surface area contributed by atoms with E-state index in [2.05, 4.69) is 10.3 Å². The van der Waals surface area contributed by atoms with Crippen molar-refractivity contribution in [3.63, 3.8) is 0 Å². The number of alkyl halides is 1. The van der Waals surface area contributed by atoms with Gasteiger partial charge in [-0.15, -0.1) is 22.9 Å². The molecule has 1 unspecified atom stereocenters. The van der Waals surface area contributed by atoms with Gasteiger partial charge in [0.2, 0.25) is 0 Å². The number of hydrogen-bond acceptors (Lipinski definition) is 3. The molecule has 3 nitrogen and oxygen atoms in total. The van der Waals surface area contributed by atoms with E-state index in [9.17, 15) is 4.79 Å². The van der Waals surface area contributed by atoms with Crippen LogP contribution in [0.2, 0.25) is 0 Å². The minimum atomic E-state index is -0.0718. The average Bonchev–Trinajstić information content (AvgIpc) is 2.60. The molecule has 0 radical (unpaired) electrons. The van der Waals surface area contributed by atoms with E-state index in [0.717, 1.165) is 12.1 Å². The number of halogens is 1. The number of rotatable bonds is 4. The largest absolute Gasteiger partial charge is 0.347 e. The number of nitrogens with one attached hydrogen (secondary N) is 1. The van der Waals surface area contributed by atoms with Gasteiger partial charge in [0.1, 0.15) is 4.88 Å². The molecule has 0 aromatic carbocycles. The fraction of sp³-hybridized carbons (Fsp3) is 0.556. The molecule has 0 aliphatic carbocycles. The van der Waals surface area contributed by atoms with Crippen LogP contribution in [0.3, 0.4) is 0 Å². The lowest BCUT2D eigenvalue weighted by molar-refractivity contribution is 0.0943. The summed E-state index contributed by atoms with van der Waals surface area (Å²) in [5.41, 5.74) is 2.45. The molecule has 1 heterocycles. The highest BCUT2D eigenvalue weighted by atomic mass is 35.5. The molecule has 5 heteroatoms. The molecule has 0 aliphatic rings. The van der Waals surface area contributed by atoms with Gasteiger partial charge in [-0.25, -0.2) is 4.98 Å². The second-order valence-electron chi connectivity index (χ2n) is 3.00. The Kier molecular flexibility index (Phi) is 4.35. The van der Waals surface area contributed by atoms with Gasteiger partial charge in [0.05, 0.1) is 11.2 Å². The van der Waals surface area contributed by atoms with Crippen molar-refractivity contribution in [3.05, 3.63) is 16.1 Å². The van der Waals surface area contributed by atoms with E-state index < -0.39 is 0 Å². The van der Waals surface area contributed by atoms with Gasteiger partial charge in [0, 0.05) is 11.9 Å². The number of carbonyl (C=O) groups is 1. The van der Waals surface area contributed by atoms with Gasteiger partial charge in [-0.05, 0) is 13.3 Å². The maximum absolute atomic E-state index is 11.7. The molecular weight excluding hydrogens is 220 g/mol. The molecule has 1 aromatic rings. The molecule has 1 atom stereocenters. The van der Waals surface area contributed by atoms with Gasteiger partial charge in [0.25, 0.3) is 5.91 Å². The summed E-state index contributed by atoms with van der Waals surface area (Å²) in [5.74, 6) is 0.373. The monoisotopic (exact) mass is 232 g/mol. The number of carbonyl (C=O) groups excluding carboxylic acids is 1. The SMILES string of the molecule is CCC(CCl)NC(=O)c1scnc1C. The third-order valence-corrected chi connectivity index (χ3v) is 3.27. The maximum atomic E-state index is 11.7. The summed E-state index contributed by atoms with van der Waals surface area (Å²) in [6.07, 6.45) is 0.840. The smallest absolute Gasteiger partial charge is 0.263 e. The maximum Gasteiger partial charge on any atom is 0.263 e. The summed E-state index contributed by atoms with van der Waals surface area (Å²) in [7, 11) is 0. The van der Waals surface area contributed by atoms with Crippen molar-refractivity contribution < 1.29 is 4.79 Å². The second-order valence-corrected chi connectivity index (χ2v) is 4.16. The lowest BCUT2D eigenvalue weighted by Gasteiger charge is -2.12. The van der Waals surface area contributed by atoms with Crippen LogP contribution in [0.15, 0.2) is 5.51 Å². The minimum Gasteiger partial charge on any atom is -0.347 e. The van der Waals surface area contributed by atoms with E-state index in [0.29, 0.717) is 10.8 Å². The summed E-state index contributed by atoms with van der Waals surface area (Å²) in [6.45, 7) is 3.82. The van der Waals surface area contributed by atoms with E-state index in [1.54, 1.807) is 5.51 Å². The Balaban J connectivity index is 2.63. The topological polar surface area (TPSA) is 42.0 Å². The van der Waals surface area contributed by atoms with Crippen LogP contribution in [-0.4, -0.2) is 22.8 Å². The predicted octanol–water partition coefficient (Wildman–Crippen LogP) is 2.20. The zero-order chi connectivity index (χ0) is 10.6. The Morgan fingerprint density at radius 2 is 2.50 bits per heavy atom. The van der Waals surface area contributed by atoms with Crippen molar-refractivity contribution in [3.8, 4) is 0 Å². The number of amides is 1. The van der Waals surface area contributed by atoms with E-state index in [1.165, 1.54) is 11.3 Å². The molecule has 1 aromatic heterocycles. The molecule has 0 aliphatic heterocycles. The second kappa shape index (κ2) is 5.32. The van der Waals surface area contributed by atoms with Gasteiger partial charge in [-0.3, -0.25) is 4.79 Å². The fourth-order valence-electron chi connectivity index (χ4n) is 1.02. The molecule has 0 saturated carbocycles. The van der Waals surface area contributed by atoms with E-state index in [4.69, 9.17) is 11.6 Å². The van der Waals surface area contributed by atoms with E-state index >= 15 is 0 Å². The number of nitrogens with zero attached hydrogens (tertiary/aromatic N) is 1.